The van der Waals surface area contributed by atoms with Crippen molar-refractivity contribution in [1.29, 1.82) is 0 Å². The van der Waals surface area contributed by atoms with Crippen molar-refractivity contribution < 1.29 is 4.79 Å². The Bertz CT molecular complexity index is 346. The van der Waals surface area contributed by atoms with Crippen molar-refractivity contribution in [1.82, 2.24) is 4.90 Å². The van der Waals surface area contributed by atoms with Crippen LogP contribution in [-0.4, -0.2) is 38.5 Å². The summed E-state index contributed by atoms with van der Waals surface area (Å²) in [5.41, 5.74) is 7.64. The van der Waals surface area contributed by atoms with E-state index < -0.39 is 0 Å². The highest BCUT2D eigenvalue weighted by Crippen LogP contribution is 2.13. The molecule has 0 atom stereocenters. The Kier molecular flexibility index (Phi) is 4.31. The van der Waals surface area contributed by atoms with Crippen LogP contribution in [0.2, 0.25) is 0 Å². The van der Waals surface area contributed by atoms with Gasteiger partial charge in [-0.25, -0.2) is 0 Å². The van der Waals surface area contributed by atoms with Crippen molar-refractivity contribution in [2.75, 3.05) is 32.6 Å². The quantitative estimate of drug-likeness (QED) is 0.813. The molecule has 0 aliphatic heterocycles. The summed E-state index contributed by atoms with van der Waals surface area (Å²) in [5, 5.41) is 0. The second kappa shape index (κ2) is 5.51. The predicted molar refractivity (Wildman–Crippen MR) is 66.3 cm³/mol. The van der Waals surface area contributed by atoms with Crippen LogP contribution in [0, 0.1) is 0 Å². The Labute approximate surface area is 96.6 Å². The van der Waals surface area contributed by atoms with Gasteiger partial charge in [0.1, 0.15) is 0 Å². The molecule has 1 rings (SSSR count). The third-order valence-electron chi connectivity index (χ3n) is 2.48. The number of nitrogens with zero attached hydrogens (tertiary/aromatic N) is 2. The highest BCUT2D eigenvalue weighted by Gasteiger charge is 2.08. The highest BCUT2D eigenvalue weighted by molar-refractivity contribution is 5.80. The number of hydrogen-bond acceptors (Lipinski definition) is 3. The average Bonchev–Trinajstić information content (AvgIpc) is 2.28. The van der Waals surface area contributed by atoms with Gasteiger partial charge >= 0.3 is 0 Å². The molecular weight excluding hydrogens is 202 g/mol. The smallest absolute Gasteiger partial charge is 0.241 e. The molecule has 0 heterocycles. The fraction of sp³-hybridized carbons (Fsp3) is 0.417. The number of anilines is 1. The van der Waals surface area contributed by atoms with E-state index in [1.165, 1.54) is 0 Å². The molecule has 0 aliphatic carbocycles. The first-order valence-electron chi connectivity index (χ1n) is 5.25. The third kappa shape index (κ3) is 3.24. The third-order valence-corrected chi connectivity index (χ3v) is 2.48. The zero-order chi connectivity index (χ0) is 12.1. The molecule has 2 N–H and O–H groups in total. The minimum atomic E-state index is 0.0883. The van der Waals surface area contributed by atoms with Gasteiger partial charge in [0.05, 0.1) is 6.54 Å². The molecule has 0 radical (unpaired) electrons. The molecule has 0 aliphatic rings. The van der Waals surface area contributed by atoms with Crippen molar-refractivity contribution in [3.05, 3.63) is 29.8 Å². The molecule has 88 valence electrons. The fourth-order valence-corrected chi connectivity index (χ4v) is 1.32. The number of carbonyl (C=O) groups is 1. The molecule has 0 saturated carbocycles. The summed E-state index contributed by atoms with van der Waals surface area (Å²) in [4.78, 5) is 15.0. The fourth-order valence-electron chi connectivity index (χ4n) is 1.32. The molecule has 0 spiro atoms. The van der Waals surface area contributed by atoms with Crippen molar-refractivity contribution in [2.45, 2.75) is 6.54 Å². The van der Waals surface area contributed by atoms with Gasteiger partial charge in [-0.2, -0.15) is 0 Å². The average molecular weight is 221 g/mol. The molecule has 1 amide bonds. The molecule has 0 unspecified atom stereocenters. The lowest BCUT2D eigenvalue weighted by atomic mass is 10.2. The van der Waals surface area contributed by atoms with Crippen LogP contribution in [0.25, 0.3) is 0 Å². The summed E-state index contributed by atoms with van der Waals surface area (Å²) < 4.78 is 0. The van der Waals surface area contributed by atoms with Crippen LogP contribution >= 0.6 is 0 Å². The number of hydrogen-bond donors (Lipinski definition) is 1. The zero-order valence-corrected chi connectivity index (χ0v) is 10.1. The predicted octanol–water partition coefficient (Wildman–Crippen LogP) is 0.670. The van der Waals surface area contributed by atoms with E-state index in [1.54, 1.807) is 19.0 Å². The Morgan fingerprint density at radius 1 is 1.19 bits per heavy atom. The maximum Gasteiger partial charge on any atom is 0.241 e. The standard InChI is InChI=1S/C12H19N3O/c1-14(2)12(16)9-15(3)11-6-4-10(8-13)5-7-11/h4-7H,8-9,13H2,1-3H3. The van der Waals surface area contributed by atoms with Crippen molar-refractivity contribution >= 4 is 11.6 Å². The van der Waals surface area contributed by atoms with Crippen LogP contribution in [0.3, 0.4) is 0 Å². The summed E-state index contributed by atoms with van der Waals surface area (Å²) in [6, 6.07) is 7.91. The van der Waals surface area contributed by atoms with E-state index in [0.29, 0.717) is 13.1 Å². The Balaban J connectivity index is 2.65. The second-order valence-corrected chi connectivity index (χ2v) is 4.01. The SMILES string of the molecule is CN(C)C(=O)CN(C)c1ccc(CN)cc1. The van der Waals surface area contributed by atoms with E-state index in [9.17, 15) is 4.79 Å². The van der Waals surface area contributed by atoms with Crippen LogP contribution in [-0.2, 0) is 11.3 Å². The summed E-state index contributed by atoms with van der Waals surface area (Å²) in [6.07, 6.45) is 0. The molecule has 0 bridgehead atoms. The number of rotatable bonds is 4. The Morgan fingerprint density at radius 3 is 2.19 bits per heavy atom. The molecule has 0 saturated heterocycles. The minimum Gasteiger partial charge on any atom is -0.365 e. The normalized spacial score (nSPS) is 10.0. The van der Waals surface area contributed by atoms with Gasteiger partial charge < -0.3 is 15.5 Å². The lowest BCUT2D eigenvalue weighted by Gasteiger charge is -2.21. The zero-order valence-electron chi connectivity index (χ0n) is 10.1. The van der Waals surface area contributed by atoms with Crippen LogP contribution in [0.1, 0.15) is 5.56 Å². The largest absolute Gasteiger partial charge is 0.365 e. The van der Waals surface area contributed by atoms with Crippen molar-refractivity contribution in [2.24, 2.45) is 5.73 Å². The van der Waals surface area contributed by atoms with E-state index in [4.69, 9.17) is 5.73 Å². The van der Waals surface area contributed by atoms with Gasteiger partial charge in [0.2, 0.25) is 5.91 Å². The van der Waals surface area contributed by atoms with Gasteiger partial charge in [-0.15, -0.1) is 0 Å². The van der Waals surface area contributed by atoms with Crippen LogP contribution in [0.4, 0.5) is 5.69 Å². The summed E-state index contributed by atoms with van der Waals surface area (Å²) in [5.74, 6) is 0.0883. The van der Waals surface area contributed by atoms with Crippen LogP contribution in [0.15, 0.2) is 24.3 Å². The Hall–Kier alpha value is -1.55. The molecule has 0 fully saturated rings. The first kappa shape index (κ1) is 12.5. The molecule has 4 heteroatoms. The maximum absolute atomic E-state index is 11.5. The van der Waals surface area contributed by atoms with E-state index >= 15 is 0 Å². The van der Waals surface area contributed by atoms with Crippen LogP contribution in [0.5, 0.6) is 0 Å². The van der Waals surface area contributed by atoms with E-state index in [1.807, 2.05) is 36.2 Å². The number of carbonyl (C=O) groups excluding carboxylic acids is 1. The number of nitrogens with two attached hydrogens (primary N) is 1. The summed E-state index contributed by atoms with van der Waals surface area (Å²) in [6.45, 7) is 0.926. The molecular formula is C12H19N3O. The van der Waals surface area contributed by atoms with Crippen molar-refractivity contribution in [3.63, 3.8) is 0 Å². The molecule has 0 aromatic heterocycles. The van der Waals surface area contributed by atoms with E-state index in [0.717, 1.165) is 11.3 Å². The van der Waals surface area contributed by atoms with Crippen molar-refractivity contribution in [3.8, 4) is 0 Å². The van der Waals surface area contributed by atoms with Gasteiger partial charge in [0.25, 0.3) is 0 Å². The minimum absolute atomic E-state index is 0.0883. The summed E-state index contributed by atoms with van der Waals surface area (Å²) >= 11 is 0. The molecule has 16 heavy (non-hydrogen) atoms. The maximum atomic E-state index is 11.5. The lowest BCUT2D eigenvalue weighted by Crippen LogP contribution is -2.34. The van der Waals surface area contributed by atoms with E-state index in [-0.39, 0.29) is 5.91 Å². The van der Waals surface area contributed by atoms with Gasteiger partial charge in [-0.05, 0) is 17.7 Å². The second-order valence-electron chi connectivity index (χ2n) is 4.01. The topological polar surface area (TPSA) is 49.6 Å². The molecule has 1 aromatic rings. The molecule has 1 aromatic carbocycles. The van der Waals surface area contributed by atoms with Gasteiger partial charge in [-0.3, -0.25) is 4.79 Å². The van der Waals surface area contributed by atoms with E-state index in [2.05, 4.69) is 0 Å². The lowest BCUT2D eigenvalue weighted by molar-refractivity contribution is -0.127. The number of benzene rings is 1. The first-order chi connectivity index (χ1) is 7.54. The monoisotopic (exact) mass is 221 g/mol. The van der Waals surface area contributed by atoms with Gasteiger partial charge in [0, 0.05) is 33.4 Å². The number of likely N-dealkylation sites (N-methyl/N-ethyl adjacent to an activating group) is 2. The van der Waals surface area contributed by atoms with Crippen LogP contribution < -0.4 is 10.6 Å². The molecule has 4 nitrogen and oxygen atoms in total. The van der Waals surface area contributed by atoms with Gasteiger partial charge in [-0.1, -0.05) is 12.1 Å². The number of amides is 1. The highest BCUT2D eigenvalue weighted by atomic mass is 16.2. The first-order valence-corrected chi connectivity index (χ1v) is 5.25. The summed E-state index contributed by atoms with van der Waals surface area (Å²) in [7, 11) is 5.42. The van der Waals surface area contributed by atoms with Gasteiger partial charge in [0.15, 0.2) is 0 Å². The Morgan fingerprint density at radius 2 is 1.75 bits per heavy atom.